The maximum Gasteiger partial charge on any atom is 0.0612 e. The second-order valence-corrected chi connectivity index (χ2v) is 4.15. The molecule has 16 heavy (non-hydrogen) atoms. The number of nitrogens with zero attached hydrogens (tertiary/aromatic N) is 1. The highest BCUT2D eigenvalue weighted by molar-refractivity contribution is 6.42. The average molecular weight is 261 g/mol. The summed E-state index contributed by atoms with van der Waals surface area (Å²) < 4.78 is 0. The van der Waals surface area contributed by atoms with Crippen LogP contribution in [0.5, 0.6) is 0 Å². The first-order valence-corrected chi connectivity index (χ1v) is 6.44. The Hall–Kier alpha value is -0.440. The van der Waals surface area contributed by atoms with Gasteiger partial charge in [0.05, 0.1) is 10.0 Å². The zero-order chi connectivity index (χ0) is 12.0. The zero-order valence-corrected chi connectivity index (χ0v) is 11.3. The molecule has 2 rings (SSSR count). The predicted molar refractivity (Wildman–Crippen MR) is 72.9 cm³/mol. The smallest absolute Gasteiger partial charge is 0.0612 e. The Balaban J connectivity index is 0.000000606. The lowest BCUT2D eigenvalue weighted by atomic mass is 10.2. The van der Waals surface area contributed by atoms with E-state index in [1.54, 1.807) is 0 Å². The second-order valence-electron chi connectivity index (χ2n) is 3.34. The fourth-order valence-corrected chi connectivity index (χ4v) is 1.90. The third-order valence-corrected chi connectivity index (χ3v) is 3.12. The molecule has 90 valence electrons. The highest BCUT2D eigenvalue weighted by Gasteiger charge is 2.11. The fraction of sp³-hybridized carbons (Fsp3) is 0.500. The van der Waals surface area contributed by atoms with Crippen LogP contribution in [0.1, 0.15) is 13.8 Å². The van der Waals surface area contributed by atoms with E-state index in [0.29, 0.717) is 10.0 Å². The van der Waals surface area contributed by atoms with Crippen LogP contribution in [0, 0.1) is 0 Å². The maximum absolute atomic E-state index is 5.96. The molecule has 4 heteroatoms. The molecule has 0 atom stereocenters. The predicted octanol–water partition coefficient (Wildman–Crippen LogP) is 3.43. The first kappa shape index (κ1) is 13.6. The highest BCUT2D eigenvalue weighted by atomic mass is 35.5. The number of hydrogen-bond donors (Lipinski definition) is 1. The van der Waals surface area contributed by atoms with Crippen LogP contribution in [0.4, 0.5) is 5.69 Å². The molecular formula is C12H18Cl2N2. The summed E-state index contributed by atoms with van der Waals surface area (Å²) in [7, 11) is 0. The summed E-state index contributed by atoms with van der Waals surface area (Å²) >= 11 is 11.8. The third-order valence-electron chi connectivity index (χ3n) is 2.39. The number of benzene rings is 1. The van der Waals surface area contributed by atoms with E-state index >= 15 is 0 Å². The van der Waals surface area contributed by atoms with Gasteiger partial charge in [-0.3, -0.25) is 0 Å². The van der Waals surface area contributed by atoms with Crippen LogP contribution >= 0.6 is 23.2 Å². The van der Waals surface area contributed by atoms with Gasteiger partial charge in [0.25, 0.3) is 0 Å². The van der Waals surface area contributed by atoms with E-state index in [1.807, 2.05) is 32.0 Å². The lowest BCUT2D eigenvalue weighted by molar-refractivity contribution is 0.589. The van der Waals surface area contributed by atoms with E-state index < -0.39 is 0 Å². The van der Waals surface area contributed by atoms with E-state index in [-0.39, 0.29) is 0 Å². The van der Waals surface area contributed by atoms with Gasteiger partial charge >= 0.3 is 0 Å². The van der Waals surface area contributed by atoms with Gasteiger partial charge in [0, 0.05) is 31.9 Å². The van der Waals surface area contributed by atoms with Crippen molar-refractivity contribution in [2.75, 3.05) is 31.1 Å². The Morgan fingerprint density at radius 3 is 2.25 bits per heavy atom. The molecule has 1 aromatic carbocycles. The number of rotatable bonds is 1. The van der Waals surface area contributed by atoms with Gasteiger partial charge in [-0.25, -0.2) is 0 Å². The molecular weight excluding hydrogens is 243 g/mol. The van der Waals surface area contributed by atoms with Gasteiger partial charge in [0.2, 0.25) is 0 Å². The minimum absolute atomic E-state index is 0.616. The van der Waals surface area contributed by atoms with Crippen molar-refractivity contribution in [3.63, 3.8) is 0 Å². The molecule has 1 aromatic rings. The van der Waals surface area contributed by atoms with E-state index in [1.165, 1.54) is 0 Å². The fourth-order valence-electron chi connectivity index (χ4n) is 1.60. The molecule has 0 spiro atoms. The quantitative estimate of drug-likeness (QED) is 0.833. The van der Waals surface area contributed by atoms with Crippen molar-refractivity contribution in [1.82, 2.24) is 5.32 Å². The number of anilines is 1. The first-order chi connectivity index (χ1) is 7.77. The van der Waals surface area contributed by atoms with Crippen LogP contribution in [0.2, 0.25) is 10.0 Å². The van der Waals surface area contributed by atoms with Gasteiger partial charge in [-0.15, -0.1) is 0 Å². The minimum atomic E-state index is 0.616. The molecule has 1 aliphatic rings. The van der Waals surface area contributed by atoms with Crippen molar-refractivity contribution in [2.24, 2.45) is 0 Å². The summed E-state index contributed by atoms with van der Waals surface area (Å²) in [6.07, 6.45) is 0. The summed E-state index contributed by atoms with van der Waals surface area (Å²) in [6, 6.07) is 5.79. The molecule has 1 saturated heterocycles. The van der Waals surface area contributed by atoms with Crippen molar-refractivity contribution >= 4 is 28.9 Å². The third kappa shape index (κ3) is 3.55. The Bertz CT molecular complexity index is 323. The standard InChI is InChI=1S/C10H12Cl2N2.C2H6/c11-9-2-1-8(7-10(9)12)14-5-3-13-4-6-14;1-2/h1-2,7,13H,3-6H2;1-2H3. The summed E-state index contributed by atoms with van der Waals surface area (Å²) in [6.45, 7) is 8.11. The van der Waals surface area contributed by atoms with Crippen molar-refractivity contribution in [3.05, 3.63) is 28.2 Å². The SMILES string of the molecule is CC.Clc1ccc(N2CCNCC2)cc1Cl. The number of nitrogens with one attached hydrogen (secondary N) is 1. The maximum atomic E-state index is 5.96. The van der Waals surface area contributed by atoms with E-state index in [4.69, 9.17) is 23.2 Å². The molecule has 1 aliphatic heterocycles. The van der Waals surface area contributed by atoms with Crippen molar-refractivity contribution in [1.29, 1.82) is 0 Å². The molecule has 0 amide bonds. The average Bonchev–Trinajstić information content (AvgIpc) is 2.36. The molecule has 0 aromatic heterocycles. The lowest BCUT2D eigenvalue weighted by Crippen LogP contribution is -2.43. The molecule has 1 heterocycles. The van der Waals surface area contributed by atoms with Crippen LogP contribution in [-0.4, -0.2) is 26.2 Å². The molecule has 0 radical (unpaired) electrons. The van der Waals surface area contributed by atoms with Gasteiger partial charge in [-0.1, -0.05) is 37.0 Å². The largest absolute Gasteiger partial charge is 0.369 e. The van der Waals surface area contributed by atoms with Crippen molar-refractivity contribution < 1.29 is 0 Å². The van der Waals surface area contributed by atoms with Gasteiger partial charge in [0.1, 0.15) is 0 Å². The summed E-state index contributed by atoms with van der Waals surface area (Å²) in [4.78, 5) is 2.30. The molecule has 1 N–H and O–H groups in total. The number of hydrogen-bond acceptors (Lipinski definition) is 2. The van der Waals surface area contributed by atoms with E-state index in [0.717, 1.165) is 31.9 Å². The number of piperazine rings is 1. The minimum Gasteiger partial charge on any atom is -0.369 e. The molecule has 1 fully saturated rings. The topological polar surface area (TPSA) is 15.3 Å². The summed E-state index contributed by atoms with van der Waals surface area (Å²) in [5, 5.41) is 4.55. The molecule has 2 nitrogen and oxygen atoms in total. The van der Waals surface area contributed by atoms with Crippen molar-refractivity contribution in [3.8, 4) is 0 Å². The Labute approximate surface area is 108 Å². The highest BCUT2D eigenvalue weighted by Crippen LogP contribution is 2.27. The van der Waals surface area contributed by atoms with Gasteiger partial charge in [-0.2, -0.15) is 0 Å². The molecule has 0 unspecified atom stereocenters. The lowest BCUT2D eigenvalue weighted by Gasteiger charge is -2.29. The Morgan fingerprint density at radius 1 is 1.06 bits per heavy atom. The normalized spacial score (nSPS) is 15.4. The Kier molecular flexibility index (Phi) is 5.96. The molecule has 0 bridgehead atoms. The van der Waals surface area contributed by atoms with Gasteiger partial charge < -0.3 is 10.2 Å². The summed E-state index contributed by atoms with van der Waals surface area (Å²) in [5.74, 6) is 0. The van der Waals surface area contributed by atoms with E-state index in [9.17, 15) is 0 Å². The zero-order valence-electron chi connectivity index (χ0n) is 9.76. The molecule has 0 saturated carbocycles. The molecule has 0 aliphatic carbocycles. The first-order valence-electron chi connectivity index (χ1n) is 5.68. The van der Waals surface area contributed by atoms with Crippen LogP contribution in [0.15, 0.2) is 18.2 Å². The van der Waals surface area contributed by atoms with Gasteiger partial charge in [-0.05, 0) is 18.2 Å². The monoisotopic (exact) mass is 260 g/mol. The van der Waals surface area contributed by atoms with E-state index in [2.05, 4.69) is 10.2 Å². The summed E-state index contributed by atoms with van der Waals surface area (Å²) in [5.41, 5.74) is 1.15. The van der Waals surface area contributed by atoms with Crippen LogP contribution in [-0.2, 0) is 0 Å². The van der Waals surface area contributed by atoms with Crippen LogP contribution < -0.4 is 10.2 Å². The van der Waals surface area contributed by atoms with Gasteiger partial charge in [0.15, 0.2) is 0 Å². The van der Waals surface area contributed by atoms with Crippen molar-refractivity contribution in [2.45, 2.75) is 13.8 Å². The second kappa shape index (κ2) is 7.00. The van der Waals surface area contributed by atoms with Crippen LogP contribution in [0.3, 0.4) is 0 Å². The van der Waals surface area contributed by atoms with Crippen LogP contribution in [0.25, 0.3) is 0 Å². The Morgan fingerprint density at radius 2 is 1.69 bits per heavy atom. The number of halogens is 2.